The van der Waals surface area contributed by atoms with E-state index in [4.69, 9.17) is 4.74 Å². The van der Waals surface area contributed by atoms with Crippen molar-refractivity contribution in [1.29, 1.82) is 0 Å². The highest BCUT2D eigenvalue weighted by Crippen LogP contribution is 2.20. The van der Waals surface area contributed by atoms with Crippen molar-refractivity contribution in [2.24, 2.45) is 0 Å². The molecule has 0 bridgehead atoms. The van der Waals surface area contributed by atoms with Gasteiger partial charge in [-0.25, -0.2) is 9.78 Å². The van der Waals surface area contributed by atoms with E-state index in [2.05, 4.69) is 4.98 Å². The topological polar surface area (TPSA) is 59.4 Å². The van der Waals surface area contributed by atoms with Crippen molar-refractivity contribution < 1.29 is 14.6 Å². The molecular formula is C18H15NO3. The zero-order chi connectivity index (χ0) is 15.5. The first-order chi connectivity index (χ1) is 10.6. The van der Waals surface area contributed by atoms with E-state index in [0.717, 1.165) is 22.0 Å². The zero-order valence-electron chi connectivity index (χ0n) is 12.1. The zero-order valence-corrected chi connectivity index (χ0v) is 12.1. The van der Waals surface area contributed by atoms with Gasteiger partial charge in [-0.15, -0.1) is 0 Å². The van der Waals surface area contributed by atoms with E-state index in [1.54, 1.807) is 13.0 Å². The van der Waals surface area contributed by atoms with E-state index in [1.807, 2.05) is 42.5 Å². The Balaban J connectivity index is 1.84. The molecule has 0 spiro atoms. The number of ether oxygens (including phenoxy) is 1. The number of carboxylic acids is 1. The third-order valence-corrected chi connectivity index (χ3v) is 3.42. The van der Waals surface area contributed by atoms with Crippen LogP contribution in [0, 0.1) is 6.92 Å². The van der Waals surface area contributed by atoms with Crippen LogP contribution in [0.1, 0.15) is 21.6 Å². The predicted molar refractivity (Wildman–Crippen MR) is 84.2 cm³/mol. The van der Waals surface area contributed by atoms with Crippen LogP contribution in [0.3, 0.4) is 0 Å². The largest absolute Gasteiger partial charge is 0.477 e. The molecule has 0 radical (unpaired) electrons. The fourth-order valence-electron chi connectivity index (χ4n) is 2.29. The van der Waals surface area contributed by atoms with E-state index in [0.29, 0.717) is 0 Å². The fraction of sp³-hybridized carbons (Fsp3) is 0.111. The number of nitrogens with zero attached hydrogens (tertiary/aromatic N) is 1. The summed E-state index contributed by atoms with van der Waals surface area (Å²) in [6.07, 6.45) is 0. The molecule has 22 heavy (non-hydrogen) atoms. The molecule has 0 amide bonds. The third kappa shape index (κ3) is 2.91. The molecule has 0 fully saturated rings. The molecule has 110 valence electrons. The van der Waals surface area contributed by atoms with E-state index in [-0.39, 0.29) is 18.1 Å². The van der Waals surface area contributed by atoms with Crippen LogP contribution in [0.2, 0.25) is 0 Å². The number of aromatic carboxylic acids is 1. The number of fused-ring (bicyclic) bond motifs is 1. The molecule has 0 unspecified atom stereocenters. The van der Waals surface area contributed by atoms with Gasteiger partial charge in [-0.2, -0.15) is 0 Å². The summed E-state index contributed by atoms with van der Waals surface area (Å²) in [5.41, 5.74) is 1.77. The second-order valence-corrected chi connectivity index (χ2v) is 5.08. The second kappa shape index (κ2) is 5.85. The summed E-state index contributed by atoms with van der Waals surface area (Å²) >= 11 is 0. The van der Waals surface area contributed by atoms with Crippen LogP contribution in [0.4, 0.5) is 0 Å². The van der Waals surface area contributed by atoms with Gasteiger partial charge in [0.1, 0.15) is 12.2 Å². The number of rotatable bonds is 4. The minimum absolute atomic E-state index is 0.0754. The van der Waals surface area contributed by atoms with Crippen molar-refractivity contribution in [3.63, 3.8) is 0 Å². The van der Waals surface area contributed by atoms with Gasteiger partial charge < -0.3 is 9.84 Å². The van der Waals surface area contributed by atoms with Gasteiger partial charge in [-0.05, 0) is 41.5 Å². The number of pyridine rings is 1. The fourth-order valence-corrected chi connectivity index (χ4v) is 2.29. The maximum Gasteiger partial charge on any atom is 0.341 e. The van der Waals surface area contributed by atoms with Crippen LogP contribution >= 0.6 is 0 Å². The summed E-state index contributed by atoms with van der Waals surface area (Å²) in [7, 11) is 0. The Hall–Kier alpha value is -2.88. The SMILES string of the molecule is Cc1ccc(C(=O)O)c(OCc2ccc3ccccc3c2)n1. The maximum absolute atomic E-state index is 11.2. The normalized spacial score (nSPS) is 10.6. The molecule has 0 aliphatic carbocycles. The van der Waals surface area contributed by atoms with Crippen molar-refractivity contribution in [2.45, 2.75) is 13.5 Å². The summed E-state index contributed by atoms with van der Waals surface area (Å²) in [6.45, 7) is 2.08. The predicted octanol–water partition coefficient (Wildman–Crippen LogP) is 3.82. The van der Waals surface area contributed by atoms with Gasteiger partial charge in [0.25, 0.3) is 0 Å². The Morgan fingerprint density at radius 2 is 1.86 bits per heavy atom. The lowest BCUT2D eigenvalue weighted by molar-refractivity contribution is 0.0690. The van der Waals surface area contributed by atoms with E-state index >= 15 is 0 Å². The van der Waals surface area contributed by atoms with Crippen molar-refractivity contribution in [1.82, 2.24) is 4.98 Å². The van der Waals surface area contributed by atoms with Gasteiger partial charge in [0, 0.05) is 5.69 Å². The summed E-state index contributed by atoms with van der Waals surface area (Å²) in [5, 5.41) is 11.5. The Kier molecular flexibility index (Phi) is 3.74. The number of hydrogen-bond donors (Lipinski definition) is 1. The highest BCUT2D eigenvalue weighted by atomic mass is 16.5. The summed E-state index contributed by atoms with van der Waals surface area (Å²) in [4.78, 5) is 15.4. The number of hydrogen-bond acceptors (Lipinski definition) is 3. The highest BCUT2D eigenvalue weighted by Gasteiger charge is 2.13. The van der Waals surface area contributed by atoms with Crippen LogP contribution in [0.15, 0.2) is 54.6 Å². The Bertz CT molecular complexity index is 843. The van der Waals surface area contributed by atoms with Gasteiger partial charge >= 0.3 is 5.97 Å². The quantitative estimate of drug-likeness (QED) is 0.794. The molecule has 4 nitrogen and oxygen atoms in total. The van der Waals surface area contributed by atoms with E-state index in [1.165, 1.54) is 6.07 Å². The summed E-state index contributed by atoms with van der Waals surface area (Å²) in [6, 6.07) is 17.3. The number of benzene rings is 2. The molecule has 0 atom stereocenters. The highest BCUT2D eigenvalue weighted by molar-refractivity contribution is 5.90. The monoisotopic (exact) mass is 293 g/mol. The van der Waals surface area contributed by atoms with Crippen LogP contribution < -0.4 is 4.74 Å². The van der Waals surface area contributed by atoms with Crippen molar-refractivity contribution >= 4 is 16.7 Å². The van der Waals surface area contributed by atoms with E-state index in [9.17, 15) is 9.90 Å². The third-order valence-electron chi connectivity index (χ3n) is 3.42. The number of aryl methyl sites for hydroxylation is 1. The molecule has 4 heteroatoms. The molecule has 0 saturated heterocycles. The molecule has 1 heterocycles. The molecule has 2 aromatic carbocycles. The van der Waals surface area contributed by atoms with Crippen LogP contribution in [0.25, 0.3) is 10.8 Å². The molecule has 0 aliphatic heterocycles. The average molecular weight is 293 g/mol. The molecule has 3 aromatic rings. The van der Waals surface area contributed by atoms with Crippen LogP contribution in [-0.4, -0.2) is 16.1 Å². The Labute approximate surface area is 128 Å². The lowest BCUT2D eigenvalue weighted by atomic mass is 10.1. The molecule has 0 aliphatic rings. The number of aromatic nitrogens is 1. The first kappa shape index (κ1) is 14.1. The first-order valence-electron chi connectivity index (χ1n) is 6.95. The maximum atomic E-state index is 11.2. The van der Waals surface area contributed by atoms with Gasteiger partial charge in [0.2, 0.25) is 5.88 Å². The van der Waals surface area contributed by atoms with Crippen molar-refractivity contribution in [3.05, 3.63) is 71.4 Å². The summed E-state index contributed by atoms with van der Waals surface area (Å²) < 4.78 is 5.62. The minimum Gasteiger partial charge on any atom is -0.477 e. The van der Waals surface area contributed by atoms with Crippen LogP contribution in [0.5, 0.6) is 5.88 Å². The average Bonchev–Trinajstić information content (AvgIpc) is 2.52. The van der Waals surface area contributed by atoms with Gasteiger partial charge in [-0.3, -0.25) is 0 Å². The molecule has 0 saturated carbocycles. The lowest BCUT2D eigenvalue weighted by Crippen LogP contribution is -2.06. The number of carbonyl (C=O) groups is 1. The molecular weight excluding hydrogens is 278 g/mol. The first-order valence-corrected chi connectivity index (χ1v) is 6.95. The van der Waals surface area contributed by atoms with Crippen LogP contribution in [-0.2, 0) is 6.61 Å². The summed E-state index contributed by atoms with van der Waals surface area (Å²) in [5.74, 6) is -0.887. The second-order valence-electron chi connectivity index (χ2n) is 5.08. The van der Waals surface area contributed by atoms with Gasteiger partial charge in [-0.1, -0.05) is 36.4 Å². The molecule has 1 N–H and O–H groups in total. The molecule has 1 aromatic heterocycles. The van der Waals surface area contributed by atoms with Gasteiger partial charge in [0.15, 0.2) is 0 Å². The smallest absolute Gasteiger partial charge is 0.341 e. The van der Waals surface area contributed by atoms with Gasteiger partial charge in [0.05, 0.1) is 0 Å². The van der Waals surface area contributed by atoms with Crippen molar-refractivity contribution in [2.75, 3.05) is 0 Å². The Morgan fingerprint density at radius 1 is 1.09 bits per heavy atom. The Morgan fingerprint density at radius 3 is 2.64 bits per heavy atom. The van der Waals surface area contributed by atoms with Crippen molar-refractivity contribution in [3.8, 4) is 5.88 Å². The lowest BCUT2D eigenvalue weighted by Gasteiger charge is -2.09. The standard InChI is InChI=1S/C18H15NO3/c1-12-6-9-16(18(20)21)17(19-12)22-11-13-7-8-14-4-2-3-5-15(14)10-13/h2-10H,11H2,1H3,(H,20,21). The molecule has 3 rings (SSSR count). The van der Waals surface area contributed by atoms with E-state index < -0.39 is 5.97 Å². The minimum atomic E-state index is -1.04. The number of carboxylic acid groups (broad SMARTS) is 1.